The molecule has 0 saturated carbocycles. The second-order valence-electron chi connectivity index (χ2n) is 7.20. The predicted octanol–water partition coefficient (Wildman–Crippen LogP) is 3.94. The highest BCUT2D eigenvalue weighted by Gasteiger charge is 2.28. The van der Waals surface area contributed by atoms with Crippen molar-refractivity contribution in [2.45, 2.75) is 19.4 Å². The van der Waals surface area contributed by atoms with Gasteiger partial charge in [0.25, 0.3) is 5.69 Å². The lowest BCUT2D eigenvalue weighted by molar-refractivity contribution is -0.384. The fourth-order valence-electron chi connectivity index (χ4n) is 3.59. The van der Waals surface area contributed by atoms with Gasteiger partial charge in [0.15, 0.2) is 0 Å². The second kappa shape index (κ2) is 9.05. The molecule has 0 atom stereocenters. The maximum Gasteiger partial charge on any atom is 0.269 e. The van der Waals surface area contributed by atoms with Gasteiger partial charge in [0, 0.05) is 61.0 Å². The number of nitro benzene ring substituents is 1. The number of hydrogen-bond donors (Lipinski definition) is 0. The zero-order valence-corrected chi connectivity index (χ0v) is 16.8. The molecule has 1 amide bonds. The molecule has 29 heavy (non-hydrogen) atoms. The zero-order valence-electron chi connectivity index (χ0n) is 16.1. The van der Waals surface area contributed by atoms with E-state index in [2.05, 4.69) is 4.90 Å². The molecule has 152 valence electrons. The van der Waals surface area contributed by atoms with Crippen LogP contribution >= 0.6 is 11.6 Å². The van der Waals surface area contributed by atoms with Crippen molar-refractivity contribution in [3.63, 3.8) is 0 Å². The summed E-state index contributed by atoms with van der Waals surface area (Å²) in [5.74, 6) is -0.0773. The molecule has 2 aromatic carbocycles. The molecule has 0 radical (unpaired) electrons. The number of hydrogen-bond acceptors (Lipinski definition) is 5. The Morgan fingerprint density at radius 2 is 1.90 bits per heavy atom. The van der Waals surface area contributed by atoms with Crippen molar-refractivity contribution in [3.05, 3.63) is 68.7 Å². The van der Waals surface area contributed by atoms with Crippen LogP contribution in [0.1, 0.15) is 28.8 Å². The normalized spacial score (nSPS) is 14.5. The molecule has 7 nitrogen and oxygen atoms in total. The molecular formula is C21H22ClN3O4. The van der Waals surface area contributed by atoms with Crippen LogP contribution in [0.15, 0.2) is 42.5 Å². The zero-order chi connectivity index (χ0) is 21.0. The number of rotatable bonds is 6. The van der Waals surface area contributed by atoms with Crippen molar-refractivity contribution in [1.29, 1.82) is 0 Å². The summed E-state index contributed by atoms with van der Waals surface area (Å²) in [6.45, 7) is 1.73. The SMILES string of the molecule is CN(Cc1cc([N+](=O)[O-])ccc1Cl)C(=O)C1CCN(c2ccc(C=O)cc2)CC1. The number of benzene rings is 2. The molecule has 1 aliphatic rings. The molecule has 0 aliphatic carbocycles. The van der Waals surface area contributed by atoms with Gasteiger partial charge < -0.3 is 9.80 Å². The third-order valence-electron chi connectivity index (χ3n) is 5.26. The first kappa shape index (κ1) is 20.8. The lowest BCUT2D eigenvalue weighted by Gasteiger charge is -2.34. The molecule has 0 bridgehead atoms. The van der Waals surface area contributed by atoms with Gasteiger partial charge in [0.2, 0.25) is 5.91 Å². The fraction of sp³-hybridized carbons (Fsp3) is 0.333. The van der Waals surface area contributed by atoms with Crippen LogP contribution in [0.4, 0.5) is 11.4 Å². The van der Waals surface area contributed by atoms with Crippen LogP contribution in [0.3, 0.4) is 0 Å². The van der Waals surface area contributed by atoms with E-state index in [1.807, 2.05) is 12.1 Å². The number of nitrogens with zero attached hydrogens (tertiary/aromatic N) is 3. The van der Waals surface area contributed by atoms with Crippen molar-refractivity contribution in [3.8, 4) is 0 Å². The Labute approximate surface area is 174 Å². The van der Waals surface area contributed by atoms with E-state index in [0.717, 1.165) is 37.9 Å². The first-order chi connectivity index (χ1) is 13.9. The number of piperidine rings is 1. The summed E-state index contributed by atoms with van der Waals surface area (Å²) in [7, 11) is 1.70. The molecular weight excluding hydrogens is 394 g/mol. The summed E-state index contributed by atoms with van der Waals surface area (Å²) in [6, 6.07) is 11.7. The van der Waals surface area contributed by atoms with Gasteiger partial charge in [-0.05, 0) is 48.7 Å². The Hall–Kier alpha value is -2.93. The van der Waals surface area contributed by atoms with E-state index >= 15 is 0 Å². The average molecular weight is 416 g/mol. The second-order valence-corrected chi connectivity index (χ2v) is 7.61. The Balaban J connectivity index is 1.59. The summed E-state index contributed by atoms with van der Waals surface area (Å²) in [4.78, 5) is 37.9. The minimum atomic E-state index is -0.473. The number of anilines is 1. The number of aldehydes is 1. The highest BCUT2D eigenvalue weighted by Crippen LogP contribution is 2.27. The lowest BCUT2D eigenvalue weighted by atomic mass is 9.94. The van der Waals surface area contributed by atoms with Gasteiger partial charge in [-0.1, -0.05) is 11.6 Å². The van der Waals surface area contributed by atoms with Gasteiger partial charge in [-0.15, -0.1) is 0 Å². The summed E-state index contributed by atoms with van der Waals surface area (Å²) in [6.07, 6.45) is 2.26. The molecule has 1 fully saturated rings. The molecule has 2 aromatic rings. The smallest absolute Gasteiger partial charge is 0.269 e. The molecule has 3 rings (SSSR count). The minimum absolute atomic E-state index is 0.0172. The number of amides is 1. The standard InChI is InChI=1S/C21H22ClN3O4/c1-23(13-17-12-19(25(28)29)6-7-20(17)22)21(27)16-8-10-24(11-9-16)18-4-2-15(14-26)3-5-18/h2-7,12,14,16H,8-11,13H2,1H3. The largest absolute Gasteiger partial charge is 0.371 e. The van der Waals surface area contributed by atoms with Crippen molar-refractivity contribution >= 4 is 35.2 Å². The summed E-state index contributed by atoms with van der Waals surface area (Å²) < 4.78 is 0. The van der Waals surface area contributed by atoms with Crippen molar-refractivity contribution in [1.82, 2.24) is 4.90 Å². The monoisotopic (exact) mass is 415 g/mol. The van der Waals surface area contributed by atoms with Crippen LogP contribution in [0.2, 0.25) is 5.02 Å². The Morgan fingerprint density at radius 1 is 1.24 bits per heavy atom. The third kappa shape index (κ3) is 4.92. The van der Waals surface area contributed by atoms with Gasteiger partial charge in [0.05, 0.1) is 4.92 Å². The maximum absolute atomic E-state index is 12.9. The van der Waals surface area contributed by atoms with Crippen molar-refractivity contribution in [2.24, 2.45) is 5.92 Å². The molecule has 0 aromatic heterocycles. The average Bonchev–Trinajstić information content (AvgIpc) is 2.74. The highest BCUT2D eigenvalue weighted by molar-refractivity contribution is 6.31. The van der Waals surface area contributed by atoms with Gasteiger partial charge in [-0.25, -0.2) is 0 Å². The van der Waals surface area contributed by atoms with Gasteiger partial charge in [-0.3, -0.25) is 19.7 Å². The van der Waals surface area contributed by atoms with E-state index in [4.69, 9.17) is 11.6 Å². The molecule has 1 aliphatic heterocycles. The van der Waals surface area contributed by atoms with E-state index in [9.17, 15) is 19.7 Å². The quantitative estimate of drug-likeness (QED) is 0.405. The van der Waals surface area contributed by atoms with E-state index in [-0.39, 0.29) is 24.1 Å². The van der Waals surface area contributed by atoms with Crippen molar-refractivity contribution < 1.29 is 14.5 Å². The van der Waals surface area contributed by atoms with Crippen LogP contribution in [0, 0.1) is 16.0 Å². The third-order valence-corrected chi connectivity index (χ3v) is 5.63. The first-order valence-corrected chi connectivity index (χ1v) is 9.75. The molecule has 1 heterocycles. The lowest BCUT2D eigenvalue weighted by Crippen LogP contribution is -2.41. The summed E-state index contributed by atoms with van der Waals surface area (Å²) in [5.41, 5.74) is 2.20. The Morgan fingerprint density at radius 3 is 2.48 bits per heavy atom. The molecule has 1 saturated heterocycles. The first-order valence-electron chi connectivity index (χ1n) is 9.37. The number of nitro groups is 1. The van der Waals surface area contributed by atoms with E-state index in [0.29, 0.717) is 16.1 Å². The van der Waals surface area contributed by atoms with Crippen LogP contribution < -0.4 is 4.90 Å². The van der Waals surface area contributed by atoms with E-state index < -0.39 is 4.92 Å². The van der Waals surface area contributed by atoms with Crippen LogP contribution in [0.5, 0.6) is 0 Å². The van der Waals surface area contributed by atoms with Gasteiger partial charge in [-0.2, -0.15) is 0 Å². The van der Waals surface area contributed by atoms with E-state index in [1.54, 1.807) is 24.1 Å². The molecule has 8 heteroatoms. The van der Waals surface area contributed by atoms with Gasteiger partial charge >= 0.3 is 0 Å². The summed E-state index contributed by atoms with van der Waals surface area (Å²) in [5, 5.41) is 11.4. The van der Waals surface area contributed by atoms with Crippen LogP contribution in [-0.4, -0.2) is 42.2 Å². The predicted molar refractivity (Wildman–Crippen MR) is 111 cm³/mol. The topological polar surface area (TPSA) is 83.8 Å². The van der Waals surface area contributed by atoms with Gasteiger partial charge in [0.1, 0.15) is 6.29 Å². The molecule has 0 N–H and O–H groups in total. The number of halogens is 1. The van der Waals surface area contributed by atoms with Crippen LogP contribution in [-0.2, 0) is 11.3 Å². The molecule has 0 spiro atoms. The molecule has 0 unspecified atom stereocenters. The Bertz CT molecular complexity index is 909. The van der Waals surface area contributed by atoms with Crippen molar-refractivity contribution in [2.75, 3.05) is 25.0 Å². The fourth-order valence-corrected chi connectivity index (χ4v) is 3.77. The number of non-ortho nitro benzene ring substituents is 1. The number of carbonyl (C=O) groups excluding carboxylic acids is 2. The maximum atomic E-state index is 12.9. The number of carbonyl (C=O) groups is 2. The highest BCUT2D eigenvalue weighted by atomic mass is 35.5. The summed E-state index contributed by atoms with van der Waals surface area (Å²) >= 11 is 6.15. The Kier molecular flexibility index (Phi) is 6.49. The van der Waals surface area contributed by atoms with E-state index in [1.165, 1.54) is 18.2 Å². The minimum Gasteiger partial charge on any atom is -0.371 e. The van der Waals surface area contributed by atoms with Crippen LogP contribution in [0.25, 0.3) is 0 Å².